The van der Waals surface area contributed by atoms with Gasteiger partial charge in [-0.2, -0.15) is 5.26 Å². The van der Waals surface area contributed by atoms with Crippen molar-refractivity contribution in [3.05, 3.63) is 76.7 Å². The van der Waals surface area contributed by atoms with Gasteiger partial charge in [0.15, 0.2) is 0 Å². The molecule has 6 nitrogen and oxygen atoms in total. The lowest BCUT2D eigenvalue weighted by Gasteiger charge is -2.14. The summed E-state index contributed by atoms with van der Waals surface area (Å²) in [5, 5.41) is 18.9. The van der Waals surface area contributed by atoms with Crippen molar-refractivity contribution in [1.82, 2.24) is 10.5 Å². The molecule has 3 rings (SSSR count). The first-order valence-electron chi connectivity index (χ1n) is 9.86. The average molecular weight is 457 g/mol. The first kappa shape index (κ1) is 23.3. The van der Waals surface area contributed by atoms with Crippen LogP contribution in [0, 0.1) is 18.3 Å². The average Bonchev–Trinajstić information content (AvgIpc) is 3.19. The Morgan fingerprint density at radius 1 is 1.22 bits per heavy atom. The highest BCUT2D eigenvalue weighted by Crippen LogP contribution is 2.31. The number of alkyl halides is 2. The molecule has 9 heteroatoms. The number of anilines is 1. The minimum Gasteiger partial charge on any atom is -0.383 e. The summed E-state index contributed by atoms with van der Waals surface area (Å²) < 4.78 is 32.3. The van der Waals surface area contributed by atoms with Gasteiger partial charge in [-0.1, -0.05) is 17.3 Å². The van der Waals surface area contributed by atoms with Crippen LogP contribution in [-0.4, -0.2) is 24.2 Å². The number of nitrogens with zero attached hydrogens (tertiary/aromatic N) is 2. The van der Waals surface area contributed by atoms with Crippen molar-refractivity contribution in [2.45, 2.75) is 30.4 Å². The molecule has 0 atom stereocenters. The zero-order valence-electron chi connectivity index (χ0n) is 17.6. The SMILES string of the molecule is Cc1cc(CSc2ccccc2C(=O)NCCNc2ccc(C(C)(F)F)c(C#N)c2)on1. The zero-order chi connectivity index (χ0) is 23.1. The number of nitriles is 1. The number of carbonyl (C=O) groups excluding carboxylic acids is 1. The predicted octanol–water partition coefficient (Wildman–Crippen LogP) is 5.10. The summed E-state index contributed by atoms with van der Waals surface area (Å²) in [6, 6.07) is 15.0. The maximum Gasteiger partial charge on any atom is 0.271 e. The van der Waals surface area contributed by atoms with Crippen molar-refractivity contribution in [3.8, 4) is 6.07 Å². The molecule has 0 saturated carbocycles. The molecule has 166 valence electrons. The number of thioether (sulfide) groups is 1. The predicted molar refractivity (Wildman–Crippen MR) is 119 cm³/mol. The topological polar surface area (TPSA) is 91.0 Å². The molecule has 32 heavy (non-hydrogen) atoms. The van der Waals surface area contributed by atoms with Crippen LogP contribution < -0.4 is 10.6 Å². The molecule has 1 amide bonds. The number of rotatable bonds is 9. The fraction of sp³-hybridized carbons (Fsp3) is 0.261. The molecule has 0 spiro atoms. The van der Waals surface area contributed by atoms with Crippen LogP contribution in [0.15, 0.2) is 57.9 Å². The minimum absolute atomic E-state index is 0.0839. The van der Waals surface area contributed by atoms with Gasteiger partial charge in [0.1, 0.15) is 5.76 Å². The Balaban J connectivity index is 1.54. The Morgan fingerprint density at radius 2 is 2.00 bits per heavy atom. The Bertz CT molecular complexity index is 1140. The van der Waals surface area contributed by atoms with Crippen molar-refractivity contribution in [2.24, 2.45) is 0 Å². The molecule has 1 heterocycles. The van der Waals surface area contributed by atoms with Gasteiger partial charge in [0, 0.05) is 42.2 Å². The van der Waals surface area contributed by atoms with Gasteiger partial charge >= 0.3 is 0 Å². The number of hydrogen-bond donors (Lipinski definition) is 2. The first-order valence-corrected chi connectivity index (χ1v) is 10.8. The molecule has 0 fully saturated rings. The van der Waals surface area contributed by atoms with Gasteiger partial charge < -0.3 is 15.2 Å². The molecule has 0 radical (unpaired) electrons. The van der Waals surface area contributed by atoms with Crippen molar-refractivity contribution in [3.63, 3.8) is 0 Å². The van der Waals surface area contributed by atoms with E-state index < -0.39 is 5.92 Å². The van der Waals surface area contributed by atoms with E-state index in [1.165, 1.54) is 30.0 Å². The summed E-state index contributed by atoms with van der Waals surface area (Å²) in [5.74, 6) is -2.02. The molecule has 2 N–H and O–H groups in total. The van der Waals surface area contributed by atoms with Crippen LogP contribution in [0.4, 0.5) is 14.5 Å². The third kappa shape index (κ3) is 6.08. The Labute approximate surface area is 189 Å². The Hall–Kier alpha value is -3.38. The number of hydrogen-bond acceptors (Lipinski definition) is 6. The van der Waals surface area contributed by atoms with E-state index >= 15 is 0 Å². The second kappa shape index (κ2) is 10.3. The number of halogens is 2. The molecule has 0 saturated heterocycles. The lowest BCUT2D eigenvalue weighted by atomic mass is 10.0. The van der Waals surface area contributed by atoms with Gasteiger partial charge in [0.05, 0.1) is 28.6 Å². The van der Waals surface area contributed by atoms with Crippen LogP contribution >= 0.6 is 11.8 Å². The third-order valence-electron chi connectivity index (χ3n) is 4.53. The molecule has 2 aromatic carbocycles. The summed E-state index contributed by atoms with van der Waals surface area (Å²) >= 11 is 1.48. The fourth-order valence-electron chi connectivity index (χ4n) is 3.02. The summed E-state index contributed by atoms with van der Waals surface area (Å²) in [6.45, 7) is 3.29. The standard InChI is InChI=1S/C23H22F2N4O2S/c1-15-11-18(31-29-15)14-32-21-6-4-3-5-19(21)22(30)28-10-9-27-17-7-8-20(23(2,24)25)16(12-17)13-26/h3-8,11-12,27H,9-10,14H2,1-2H3,(H,28,30). The summed E-state index contributed by atoms with van der Waals surface area (Å²) in [5.41, 5.74) is 1.49. The van der Waals surface area contributed by atoms with Crippen molar-refractivity contribution >= 4 is 23.4 Å². The van der Waals surface area contributed by atoms with Crippen LogP contribution in [0.5, 0.6) is 0 Å². The van der Waals surface area contributed by atoms with Gasteiger partial charge in [-0.3, -0.25) is 4.79 Å². The van der Waals surface area contributed by atoms with E-state index in [4.69, 9.17) is 9.78 Å². The number of aryl methyl sites for hydroxylation is 1. The van der Waals surface area contributed by atoms with E-state index in [0.29, 0.717) is 30.1 Å². The minimum atomic E-state index is -3.09. The van der Waals surface area contributed by atoms with E-state index in [-0.39, 0.29) is 17.0 Å². The van der Waals surface area contributed by atoms with Crippen LogP contribution in [0.3, 0.4) is 0 Å². The van der Waals surface area contributed by atoms with Gasteiger partial charge in [-0.25, -0.2) is 8.78 Å². The van der Waals surface area contributed by atoms with Gasteiger partial charge in [0.25, 0.3) is 11.8 Å². The van der Waals surface area contributed by atoms with Gasteiger partial charge in [-0.05, 0) is 37.3 Å². The lowest BCUT2D eigenvalue weighted by molar-refractivity contribution is 0.0172. The number of amides is 1. The first-order chi connectivity index (χ1) is 15.3. The summed E-state index contributed by atoms with van der Waals surface area (Å²) in [7, 11) is 0. The molecule has 0 aliphatic heterocycles. The van der Waals surface area contributed by atoms with E-state index in [1.54, 1.807) is 18.2 Å². The third-order valence-corrected chi connectivity index (χ3v) is 5.63. The fourth-order valence-corrected chi connectivity index (χ4v) is 3.95. The number of aromatic nitrogens is 1. The van der Waals surface area contributed by atoms with E-state index in [2.05, 4.69) is 15.8 Å². The highest BCUT2D eigenvalue weighted by molar-refractivity contribution is 7.98. The molecule has 0 aliphatic rings. The lowest BCUT2D eigenvalue weighted by Crippen LogP contribution is -2.29. The van der Waals surface area contributed by atoms with E-state index in [0.717, 1.165) is 23.3 Å². The van der Waals surface area contributed by atoms with Crippen molar-refractivity contribution < 1.29 is 18.1 Å². The summed E-state index contributed by atoms with van der Waals surface area (Å²) in [4.78, 5) is 13.5. The molecule has 0 unspecified atom stereocenters. The maximum atomic E-state index is 13.5. The van der Waals surface area contributed by atoms with E-state index in [9.17, 15) is 13.6 Å². The van der Waals surface area contributed by atoms with Crippen LogP contribution in [-0.2, 0) is 11.7 Å². The molecule has 3 aromatic rings. The second-order valence-electron chi connectivity index (χ2n) is 7.16. The van der Waals surface area contributed by atoms with E-state index in [1.807, 2.05) is 25.1 Å². The van der Waals surface area contributed by atoms with Gasteiger partial charge in [-0.15, -0.1) is 11.8 Å². The highest BCUT2D eigenvalue weighted by Gasteiger charge is 2.27. The highest BCUT2D eigenvalue weighted by atomic mass is 32.2. The normalized spacial score (nSPS) is 11.1. The second-order valence-corrected chi connectivity index (χ2v) is 8.18. The molecule has 1 aromatic heterocycles. The van der Waals surface area contributed by atoms with Crippen LogP contribution in [0.1, 0.15) is 39.9 Å². The Kier molecular flexibility index (Phi) is 7.49. The number of carbonyl (C=O) groups is 1. The monoisotopic (exact) mass is 456 g/mol. The molecular formula is C23H22F2N4O2S. The molecule has 0 bridgehead atoms. The Morgan fingerprint density at radius 3 is 2.69 bits per heavy atom. The molecular weight excluding hydrogens is 434 g/mol. The zero-order valence-corrected chi connectivity index (χ0v) is 18.4. The quantitative estimate of drug-likeness (QED) is 0.344. The van der Waals surface area contributed by atoms with Crippen LogP contribution in [0.25, 0.3) is 0 Å². The van der Waals surface area contributed by atoms with Crippen molar-refractivity contribution in [1.29, 1.82) is 5.26 Å². The number of nitrogens with one attached hydrogen (secondary N) is 2. The summed E-state index contributed by atoms with van der Waals surface area (Å²) in [6.07, 6.45) is 0. The van der Waals surface area contributed by atoms with Crippen LogP contribution in [0.2, 0.25) is 0 Å². The maximum absolute atomic E-state index is 13.5. The largest absolute Gasteiger partial charge is 0.383 e. The smallest absolute Gasteiger partial charge is 0.271 e. The van der Waals surface area contributed by atoms with Gasteiger partial charge in [0.2, 0.25) is 0 Å². The number of benzene rings is 2. The van der Waals surface area contributed by atoms with Crippen molar-refractivity contribution in [2.75, 3.05) is 18.4 Å². The molecule has 0 aliphatic carbocycles.